The molecule has 1 aliphatic heterocycles. The van der Waals surface area contributed by atoms with Gasteiger partial charge in [-0.2, -0.15) is 0 Å². The highest BCUT2D eigenvalue weighted by Gasteiger charge is 2.20. The van der Waals surface area contributed by atoms with Crippen LogP contribution in [0.4, 0.5) is 0 Å². The number of likely N-dealkylation sites (tertiary alicyclic amines) is 1. The molecule has 0 aliphatic carbocycles. The molecule has 0 bridgehead atoms. The Morgan fingerprint density at radius 1 is 1.44 bits per heavy atom. The topological polar surface area (TPSA) is 41.3 Å². The van der Waals surface area contributed by atoms with Gasteiger partial charge >= 0.3 is 0 Å². The van der Waals surface area contributed by atoms with Crippen molar-refractivity contribution in [1.29, 1.82) is 0 Å². The van der Waals surface area contributed by atoms with E-state index in [-0.39, 0.29) is 0 Å². The van der Waals surface area contributed by atoms with E-state index in [1.165, 1.54) is 25.9 Å². The lowest BCUT2D eigenvalue weighted by molar-refractivity contribution is 0.159. The molecule has 0 atom stereocenters. The molecule has 2 rings (SSSR count). The van der Waals surface area contributed by atoms with Crippen LogP contribution < -0.4 is 5.32 Å². The number of hydrogen-bond acceptors (Lipinski definition) is 4. The van der Waals surface area contributed by atoms with Gasteiger partial charge in [0.15, 0.2) is 0 Å². The van der Waals surface area contributed by atoms with E-state index in [1.807, 2.05) is 6.20 Å². The molecule has 0 amide bonds. The Kier molecular flexibility index (Phi) is 4.78. The van der Waals surface area contributed by atoms with Gasteiger partial charge in [-0.3, -0.25) is 0 Å². The van der Waals surface area contributed by atoms with Gasteiger partial charge in [0.05, 0.1) is 12.7 Å². The molecule has 0 saturated carbocycles. The van der Waals surface area contributed by atoms with Crippen LogP contribution in [0.3, 0.4) is 0 Å². The summed E-state index contributed by atoms with van der Waals surface area (Å²) in [6.07, 6.45) is 5.19. The SMILES string of the molecule is CCc1cnc(CNC2CCN(C(C)C)CC2)o1. The van der Waals surface area contributed by atoms with Crippen molar-refractivity contribution in [3.05, 3.63) is 17.8 Å². The highest BCUT2D eigenvalue weighted by molar-refractivity contribution is 4.93. The lowest BCUT2D eigenvalue weighted by Crippen LogP contribution is -2.44. The molecule has 4 heteroatoms. The molecule has 1 aromatic heterocycles. The van der Waals surface area contributed by atoms with Crippen LogP contribution >= 0.6 is 0 Å². The molecule has 0 aromatic carbocycles. The Bertz CT molecular complexity index is 354. The van der Waals surface area contributed by atoms with Gasteiger partial charge in [-0.05, 0) is 39.8 Å². The first-order valence-electron chi connectivity index (χ1n) is 7.10. The summed E-state index contributed by atoms with van der Waals surface area (Å²) in [6.45, 7) is 9.77. The third kappa shape index (κ3) is 3.56. The van der Waals surface area contributed by atoms with Crippen molar-refractivity contribution in [2.75, 3.05) is 13.1 Å². The van der Waals surface area contributed by atoms with Crippen LogP contribution in [0.2, 0.25) is 0 Å². The quantitative estimate of drug-likeness (QED) is 0.871. The average Bonchev–Trinajstić information content (AvgIpc) is 2.85. The van der Waals surface area contributed by atoms with E-state index in [0.29, 0.717) is 12.1 Å². The molecule has 1 aliphatic rings. The van der Waals surface area contributed by atoms with Gasteiger partial charge in [0, 0.05) is 18.5 Å². The van der Waals surface area contributed by atoms with Crippen molar-refractivity contribution >= 4 is 0 Å². The summed E-state index contributed by atoms with van der Waals surface area (Å²) in [5, 5.41) is 3.55. The zero-order valence-corrected chi connectivity index (χ0v) is 11.8. The summed E-state index contributed by atoms with van der Waals surface area (Å²) in [7, 11) is 0. The van der Waals surface area contributed by atoms with Gasteiger partial charge in [-0.25, -0.2) is 4.98 Å². The zero-order chi connectivity index (χ0) is 13.0. The first-order chi connectivity index (χ1) is 8.69. The van der Waals surface area contributed by atoms with Crippen LogP contribution in [-0.2, 0) is 13.0 Å². The van der Waals surface area contributed by atoms with Crippen molar-refractivity contribution in [2.45, 2.75) is 58.7 Å². The molecule has 1 saturated heterocycles. The molecule has 1 aromatic rings. The smallest absolute Gasteiger partial charge is 0.208 e. The number of oxazole rings is 1. The monoisotopic (exact) mass is 251 g/mol. The number of nitrogens with one attached hydrogen (secondary N) is 1. The van der Waals surface area contributed by atoms with Crippen molar-refractivity contribution in [3.63, 3.8) is 0 Å². The Hall–Kier alpha value is -0.870. The zero-order valence-electron chi connectivity index (χ0n) is 11.8. The fourth-order valence-electron chi connectivity index (χ4n) is 2.44. The Labute approximate surface area is 110 Å². The Morgan fingerprint density at radius 2 is 2.17 bits per heavy atom. The molecule has 2 heterocycles. The van der Waals surface area contributed by atoms with Gasteiger partial charge in [0.2, 0.25) is 5.89 Å². The predicted molar refractivity (Wildman–Crippen MR) is 72.5 cm³/mol. The van der Waals surface area contributed by atoms with Crippen LogP contribution in [0.25, 0.3) is 0 Å². The van der Waals surface area contributed by atoms with E-state index in [4.69, 9.17) is 4.42 Å². The lowest BCUT2D eigenvalue weighted by Gasteiger charge is -2.34. The largest absolute Gasteiger partial charge is 0.444 e. The van der Waals surface area contributed by atoms with E-state index in [0.717, 1.165) is 24.6 Å². The van der Waals surface area contributed by atoms with E-state index < -0.39 is 0 Å². The van der Waals surface area contributed by atoms with Gasteiger partial charge in [-0.15, -0.1) is 0 Å². The lowest BCUT2D eigenvalue weighted by atomic mass is 10.0. The minimum absolute atomic E-state index is 0.608. The molecule has 1 fully saturated rings. The summed E-state index contributed by atoms with van der Waals surface area (Å²) in [6, 6.07) is 1.28. The van der Waals surface area contributed by atoms with Crippen molar-refractivity contribution in [3.8, 4) is 0 Å². The van der Waals surface area contributed by atoms with Crippen molar-refractivity contribution in [1.82, 2.24) is 15.2 Å². The third-order valence-corrected chi connectivity index (χ3v) is 3.75. The molecule has 102 valence electrons. The van der Waals surface area contributed by atoms with Crippen LogP contribution in [0.15, 0.2) is 10.6 Å². The standard InChI is InChI=1S/C14H25N3O/c1-4-13-9-16-14(18-13)10-15-12-5-7-17(8-6-12)11(2)3/h9,11-12,15H,4-8,10H2,1-3H3. The van der Waals surface area contributed by atoms with Crippen LogP contribution in [0.1, 0.15) is 45.3 Å². The van der Waals surface area contributed by atoms with Crippen molar-refractivity contribution in [2.24, 2.45) is 0 Å². The fraction of sp³-hybridized carbons (Fsp3) is 0.786. The van der Waals surface area contributed by atoms with Crippen LogP contribution in [0, 0.1) is 0 Å². The van der Waals surface area contributed by atoms with E-state index in [9.17, 15) is 0 Å². The second-order valence-corrected chi connectivity index (χ2v) is 5.36. The average molecular weight is 251 g/mol. The molecule has 0 unspecified atom stereocenters. The molecule has 0 spiro atoms. The first kappa shape index (κ1) is 13.6. The number of rotatable bonds is 5. The Morgan fingerprint density at radius 3 is 2.72 bits per heavy atom. The molecular weight excluding hydrogens is 226 g/mol. The van der Waals surface area contributed by atoms with Gasteiger partial charge in [0.1, 0.15) is 5.76 Å². The number of aryl methyl sites for hydroxylation is 1. The van der Waals surface area contributed by atoms with Crippen LogP contribution in [-0.4, -0.2) is 35.1 Å². The summed E-state index contributed by atoms with van der Waals surface area (Å²) in [5.74, 6) is 1.79. The number of nitrogens with zero attached hydrogens (tertiary/aromatic N) is 2. The number of hydrogen-bond donors (Lipinski definition) is 1. The maximum atomic E-state index is 5.60. The van der Waals surface area contributed by atoms with Gasteiger partial charge < -0.3 is 14.6 Å². The highest BCUT2D eigenvalue weighted by atomic mass is 16.4. The fourth-order valence-corrected chi connectivity index (χ4v) is 2.44. The van der Waals surface area contributed by atoms with Gasteiger partial charge in [-0.1, -0.05) is 6.92 Å². The highest BCUT2D eigenvalue weighted by Crippen LogP contribution is 2.13. The van der Waals surface area contributed by atoms with Crippen molar-refractivity contribution < 1.29 is 4.42 Å². The molecule has 18 heavy (non-hydrogen) atoms. The maximum absolute atomic E-state index is 5.60. The second-order valence-electron chi connectivity index (χ2n) is 5.36. The first-order valence-corrected chi connectivity index (χ1v) is 7.10. The van der Waals surface area contributed by atoms with Crippen LogP contribution in [0.5, 0.6) is 0 Å². The summed E-state index contributed by atoms with van der Waals surface area (Å²) >= 11 is 0. The second kappa shape index (κ2) is 6.34. The Balaban J connectivity index is 1.72. The van der Waals surface area contributed by atoms with E-state index >= 15 is 0 Å². The predicted octanol–water partition coefficient (Wildman–Crippen LogP) is 2.20. The normalized spacial score (nSPS) is 18.7. The number of aromatic nitrogens is 1. The molecule has 1 N–H and O–H groups in total. The molecule has 0 radical (unpaired) electrons. The summed E-state index contributed by atoms with van der Waals surface area (Å²) < 4.78 is 5.60. The van der Waals surface area contributed by atoms with E-state index in [1.54, 1.807) is 0 Å². The summed E-state index contributed by atoms with van der Waals surface area (Å²) in [4.78, 5) is 6.82. The minimum atomic E-state index is 0.608. The van der Waals surface area contributed by atoms with Gasteiger partial charge in [0.25, 0.3) is 0 Å². The molecule has 4 nitrogen and oxygen atoms in total. The maximum Gasteiger partial charge on any atom is 0.208 e. The molecular formula is C14H25N3O. The summed E-state index contributed by atoms with van der Waals surface area (Å²) in [5.41, 5.74) is 0. The minimum Gasteiger partial charge on any atom is -0.444 e. The number of piperidine rings is 1. The van der Waals surface area contributed by atoms with E-state index in [2.05, 4.69) is 36.0 Å². The third-order valence-electron chi connectivity index (χ3n) is 3.75.